The normalized spacial score (nSPS) is 20.8. The van der Waals surface area contributed by atoms with Gasteiger partial charge in [-0.15, -0.1) is 0 Å². The summed E-state index contributed by atoms with van der Waals surface area (Å²) in [6.45, 7) is 2.33. The molecular formula is C3H6BP. The van der Waals surface area contributed by atoms with Gasteiger partial charge in [0, 0.05) is 0 Å². The zero-order valence-corrected chi connectivity index (χ0v) is 4.07. The Morgan fingerprint density at radius 1 is 1.80 bits per heavy atom. The fourth-order valence-corrected chi connectivity index (χ4v) is 1.25. The first-order chi connectivity index (χ1) is 2.50. The summed E-state index contributed by atoms with van der Waals surface area (Å²) in [5.41, 5.74) is 0. The van der Waals surface area contributed by atoms with Crippen LogP contribution in [0.5, 0.6) is 0 Å². The maximum atomic E-state index is 2.33. The zero-order valence-electron chi connectivity index (χ0n) is 3.07. The Kier molecular flexibility index (Phi) is 1.11. The van der Waals surface area contributed by atoms with Gasteiger partial charge in [0.05, 0.1) is 0 Å². The van der Waals surface area contributed by atoms with E-state index in [1.807, 2.05) is 0 Å². The van der Waals surface area contributed by atoms with Crippen molar-refractivity contribution in [3.63, 3.8) is 0 Å². The van der Waals surface area contributed by atoms with Crippen LogP contribution in [0.1, 0.15) is 6.42 Å². The SMILES string of the molecule is B1=[PH]=CCC1. The summed E-state index contributed by atoms with van der Waals surface area (Å²) in [5, 5.41) is 0. The van der Waals surface area contributed by atoms with Gasteiger partial charge in [-0.25, -0.2) is 0 Å². The molecule has 1 heterocycles. The van der Waals surface area contributed by atoms with Crippen molar-refractivity contribution < 1.29 is 0 Å². The number of hydrogen-bond donors (Lipinski definition) is 0. The predicted molar refractivity (Wildman–Crippen MR) is 29.6 cm³/mol. The van der Waals surface area contributed by atoms with E-state index in [1.54, 1.807) is 0 Å². The third-order valence-corrected chi connectivity index (χ3v) is 1.74. The molecule has 5 heavy (non-hydrogen) atoms. The van der Waals surface area contributed by atoms with Crippen LogP contribution < -0.4 is 0 Å². The van der Waals surface area contributed by atoms with Gasteiger partial charge in [-0.3, -0.25) is 0 Å². The molecule has 0 aromatic carbocycles. The Morgan fingerprint density at radius 3 is 3.00 bits per heavy atom. The summed E-state index contributed by atoms with van der Waals surface area (Å²) in [6.07, 6.45) is 2.66. The quantitative estimate of drug-likeness (QED) is 0.302. The Labute approximate surface area is 33.8 Å². The molecular weight excluding hydrogens is 77.8 g/mol. The van der Waals surface area contributed by atoms with Crippen LogP contribution in [-0.2, 0) is 0 Å². The van der Waals surface area contributed by atoms with Crippen molar-refractivity contribution in [1.82, 2.24) is 0 Å². The van der Waals surface area contributed by atoms with E-state index in [2.05, 4.69) is 12.4 Å². The molecule has 2 heteroatoms. The van der Waals surface area contributed by atoms with E-state index in [4.69, 9.17) is 0 Å². The third kappa shape index (κ3) is 0.772. The monoisotopic (exact) mass is 84.0 g/mol. The molecule has 0 aliphatic carbocycles. The molecule has 0 amide bonds. The average Bonchev–Trinajstić information content (AvgIpc) is 1.76. The fourth-order valence-electron chi connectivity index (χ4n) is 0.417. The summed E-state index contributed by atoms with van der Waals surface area (Å²) in [5.74, 6) is 2.33. The summed E-state index contributed by atoms with van der Waals surface area (Å²) < 4.78 is 0. The van der Waals surface area contributed by atoms with Crippen LogP contribution in [0.4, 0.5) is 0 Å². The van der Waals surface area contributed by atoms with Gasteiger partial charge in [-0.05, 0) is 0 Å². The summed E-state index contributed by atoms with van der Waals surface area (Å²) in [4.78, 5) is 0. The average molecular weight is 83.9 g/mol. The van der Waals surface area contributed by atoms with E-state index in [0.29, 0.717) is 0 Å². The van der Waals surface area contributed by atoms with Crippen molar-refractivity contribution in [2.75, 3.05) is 0 Å². The Balaban J connectivity index is 2.64. The van der Waals surface area contributed by atoms with Gasteiger partial charge in [0.1, 0.15) is 0 Å². The van der Waals surface area contributed by atoms with Crippen LogP contribution in [0.25, 0.3) is 0 Å². The first-order valence-corrected chi connectivity index (χ1v) is 3.05. The molecule has 1 atom stereocenters. The van der Waals surface area contributed by atoms with Crippen molar-refractivity contribution in [1.29, 1.82) is 0 Å². The van der Waals surface area contributed by atoms with Crippen molar-refractivity contribution in [3.05, 3.63) is 0 Å². The first-order valence-electron chi connectivity index (χ1n) is 1.89. The number of rotatable bonds is 0. The second kappa shape index (κ2) is 1.62. The van der Waals surface area contributed by atoms with Crippen LogP contribution in [0.2, 0.25) is 6.32 Å². The second-order valence-corrected chi connectivity index (χ2v) is 2.30. The van der Waals surface area contributed by atoms with Crippen LogP contribution in [0.15, 0.2) is 0 Å². The molecule has 1 aliphatic heterocycles. The topological polar surface area (TPSA) is 0 Å². The maximum absolute atomic E-state index is 2.33. The number of hydrogen-bond acceptors (Lipinski definition) is 0. The summed E-state index contributed by atoms with van der Waals surface area (Å²) in [6, 6.07) is 0. The molecule has 1 rings (SSSR count). The van der Waals surface area contributed by atoms with E-state index in [9.17, 15) is 0 Å². The molecule has 0 aromatic rings. The Morgan fingerprint density at radius 2 is 2.80 bits per heavy atom. The standard InChI is InChI=1S/C3H6BP/c1-2-4-5-3-1/h3,5H,1-2H2. The van der Waals surface area contributed by atoms with Crippen LogP contribution in [-0.4, -0.2) is 12.4 Å². The molecule has 1 aliphatic rings. The minimum absolute atomic E-state index is 1.06. The molecule has 0 nitrogen and oxygen atoms in total. The first kappa shape index (κ1) is 3.43. The van der Waals surface area contributed by atoms with Crippen LogP contribution in [0, 0.1) is 0 Å². The van der Waals surface area contributed by atoms with Crippen molar-refractivity contribution >= 4 is 20.1 Å². The van der Waals surface area contributed by atoms with Gasteiger partial charge in [-0.1, -0.05) is 0 Å². The summed E-state index contributed by atoms with van der Waals surface area (Å²) in [7, 11) is 1.06. The van der Waals surface area contributed by atoms with Crippen molar-refractivity contribution in [2.24, 2.45) is 0 Å². The van der Waals surface area contributed by atoms with Gasteiger partial charge in [0.25, 0.3) is 0 Å². The van der Waals surface area contributed by atoms with Gasteiger partial charge >= 0.3 is 32.9 Å². The van der Waals surface area contributed by atoms with E-state index in [-0.39, 0.29) is 0 Å². The minimum atomic E-state index is 1.06. The van der Waals surface area contributed by atoms with E-state index < -0.39 is 0 Å². The second-order valence-electron chi connectivity index (χ2n) is 1.15. The molecule has 0 aromatic heterocycles. The molecule has 1 unspecified atom stereocenters. The summed E-state index contributed by atoms with van der Waals surface area (Å²) >= 11 is 0. The molecule has 0 saturated heterocycles. The van der Waals surface area contributed by atoms with Gasteiger partial charge in [0.2, 0.25) is 0 Å². The molecule has 0 bridgehead atoms. The Bertz CT molecular complexity index is 72.9. The van der Waals surface area contributed by atoms with Crippen LogP contribution >= 0.6 is 7.70 Å². The van der Waals surface area contributed by atoms with E-state index in [1.165, 1.54) is 12.7 Å². The van der Waals surface area contributed by atoms with Gasteiger partial charge in [0.15, 0.2) is 0 Å². The zero-order chi connectivity index (χ0) is 3.54. The fraction of sp³-hybridized carbons (Fsp3) is 0.667. The Hall–Kier alpha value is 0.235. The molecule has 0 saturated carbocycles. The predicted octanol–water partition coefficient (Wildman–Crippen LogP) is 0.908. The third-order valence-electron chi connectivity index (χ3n) is 0.691. The van der Waals surface area contributed by atoms with E-state index in [0.717, 1.165) is 7.70 Å². The molecule has 0 fully saturated rings. The molecule has 0 spiro atoms. The molecule has 0 N–H and O–H groups in total. The van der Waals surface area contributed by atoms with Crippen molar-refractivity contribution in [2.45, 2.75) is 12.7 Å². The van der Waals surface area contributed by atoms with Gasteiger partial charge < -0.3 is 0 Å². The van der Waals surface area contributed by atoms with Gasteiger partial charge in [-0.2, -0.15) is 0 Å². The molecule has 0 radical (unpaired) electrons. The molecule has 26 valence electrons. The van der Waals surface area contributed by atoms with E-state index >= 15 is 0 Å². The van der Waals surface area contributed by atoms with Crippen LogP contribution in [0.3, 0.4) is 0 Å². The van der Waals surface area contributed by atoms with Crippen molar-refractivity contribution in [3.8, 4) is 0 Å².